The number of rotatable bonds is 4. The number of aromatic nitrogens is 3. The van der Waals surface area contributed by atoms with Crippen molar-refractivity contribution in [2.24, 2.45) is 5.92 Å². The molecule has 1 saturated carbocycles. The normalized spacial score (nSPS) is 14.8. The number of pyridine rings is 1. The summed E-state index contributed by atoms with van der Waals surface area (Å²) < 4.78 is 39.7. The maximum atomic E-state index is 12.7. The van der Waals surface area contributed by atoms with Crippen LogP contribution in [0, 0.1) is 12.8 Å². The lowest BCUT2D eigenvalue weighted by Crippen LogP contribution is -2.14. The number of anilines is 1. The quantitative estimate of drug-likeness (QED) is 0.939. The van der Waals surface area contributed by atoms with Gasteiger partial charge in [0, 0.05) is 12.7 Å². The first-order valence-electron chi connectivity index (χ1n) is 7.20. The molecule has 2 aromatic rings. The summed E-state index contributed by atoms with van der Waals surface area (Å²) in [6.45, 7) is 2.09. The first-order valence-corrected chi connectivity index (χ1v) is 7.20. The molecule has 0 bridgehead atoms. The van der Waals surface area contributed by atoms with Crippen LogP contribution in [-0.2, 0) is 12.7 Å². The molecule has 2 heterocycles. The summed E-state index contributed by atoms with van der Waals surface area (Å²) in [4.78, 5) is 15.5. The third-order valence-corrected chi connectivity index (χ3v) is 3.64. The molecule has 0 saturated heterocycles. The van der Waals surface area contributed by atoms with E-state index in [1.807, 2.05) is 0 Å². The molecule has 122 valence electrons. The third-order valence-electron chi connectivity index (χ3n) is 3.64. The minimum absolute atomic E-state index is 0.0419. The fourth-order valence-corrected chi connectivity index (χ4v) is 2.29. The average molecular weight is 324 g/mol. The largest absolute Gasteiger partial charge is 0.433 e. The lowest BCUT2D eigenvalue weighted by atomic mass is 10.2. The Morgan fingerprint density at radius 1 is 1.39 bits per heavy atom. The molecule has 2 aromatic heterocycles. The van der Waals surface area contributed by atoms with Crippen LogP contribution < -0.4 is 5.32 Å². The van der Waals surface area contributed by atoms with E-state index in [0.29, 0.717) is 11.5 Å². The van der Waals surface area contributed by atoms with Crippen molar-refractivity contribution >= 4 is 11.6 Å². The van der Waals surface area contributed by atoms with Crippen LogP contribution in [0.25, 0.3) is 0 Å². The van der Waals surface area contributed by atoms with Gasteiger partial charge in [0.25, 0.3) is 5.91 Å². The summed E-state index contributed by atoms with van der Waals surface area (Å²) in [6.07, 6.45) is 1.94. The van der Waals surface area contributed by atoms with E-state index in [9.17, 15) is 18.0 Å². The van der Waals surface area contributed by atoms with Gasteiger partial charge in [0.1, 0.15) is 5.69 Å². The van der Waals surface area contributed by atoms with Crippen LogP contribution in [0.1, 0.15) is 34.5 Å². The maximum absolute atomic E-state index is 12.7. The van der Waals surface area contributed by atoms with Gasteiger partial charge in [-0.05, 0) is 37.3 Å². The summed E-state index contributed by atoms with van der Waals surface area (Å²) in [5.74, 6) is 0.209. The first kappa shape index (κ1) is 15.5. The Labute approximate surface area is 130 Å². The molecule has 1 amide bonds. The standard InChI is InChI=1S/C15H15F3N4O/c1-9-4-12(6-19-13(9)15(16,17)18)21-14(23)11-5-20-22(8-11)7-10-2-3-10/h4-6,8,10H,2-3,7H2,1H3,(H,21,23). The first-order chi connectivity index (χ1) is 10.8. The summed E-state index contributed by atoms with van der Waals surface area (Å²) in [6, 6.07) is 1.25. The predicted octanol–water partition coefficient (Wildman–Crippen LogP) is 3.27. The van der Waals surface area contributed by atoms with Gasteiger partial charge in [-0.2, -0.15) is 18.3 Å². The molecule has 0 aliphatic heterocycles. The van der Waals surface area contributed by atoms with Gasteiger partial charge in [-0.3, -0.25) is 9.48 Å². The monoisotopic (exact) mass is 324 g/mol. The molecule has 23 heavy (non-hydrogen) atoms. The van der Waals surface area contributed by atoms with E-state index in [4.69, 9.17) is 0 Å². The van der Waals surface area contributed by atoms with Crippen molar-refractivity contribution in [2.45, 2.75) is 32.5 Å². The van der Waals surface area contributed by atoms with E-state index in [0.717, 1.165) is 12.7 Å². The van der Waals surface area contributed by atoms with Gasteiger partial charge in [-0.25, -0.2) is 4.98 Å². The molecule has 1 aliphatic carbocycles. The van der Waals surface area contributed by atoms with Gasteiger partial charge in [-0.1, -0.05) is 0 Å². The zero-order chi connectivity index (χ0) is 16.6. The second-order valence-electron chi connectivity index (χ2n) is 5.74. The second kappa shape index (κ2) is 5.68. The number of halogens is 3. The number of amides is 1. The molecule has 1 fully saturated rings. The molecule has 0 unspecified atom stereocenters. The molecule has 0 aromatic carbocycles. The fourth-order valence-electron chi connectivity index (χ4n) is 2.29. The predicted molar refractivity (Wildman–Crippen MR) is 76.9 cm³/mol. The topological polar surface area (TPSA) is 59.8 Å². The van der Waals surface area contributed by atoms with E-state index in [2.05, 4.69) is 15.4 Å². The van der Waals surface area contributed by atoms with E-state index >= 15 is 0 Å². The third kappa shape index (κ3) is 3.69. The van der Waals surface area contributed by atoms with Gasteiger partial charge >= 0.3 is 6.18 Å². The molecule has 0 radical (unpaired) electrons. The molecule has 0 spiro atoms. The van der Waals surface area contributed by atoms with Gasteiger partial charge in [0.05, 0.1) is 23.6 Å². The Hall–Kier alpha value is -2.38. The number of carbonyl (C=O) groups excluding carboxylic acids is 1. The van der Waals surface area contributed by atoms with Crippen LogP contribution in [-0.4, -0.2) is 20.7 Å². The zero-order valence-corrected chi connectivity index (χ0v) is 12.4. The van der Waals surface area contributed by atoms with E-state index in [1.54, 1.807) is 10.9 Å². The smallest absolute Gasteiger partial charge is 0.320 e. The Balaban J connectivity index is 1.69. The lowest BCUT2D eigenvalue weighted by Gasteiger charge is -2.10. The van der Waals surface area contributed by atoms with E-state index in [1.165, 1.54) is 32.0 Å². The van der Waals surface area contributed by atoms with Crippen molar-refractivity contribution in [3.8, 4) is 0 Å². The van der Waals surface area contributed by atoms with Crippen LogP contribution in [0.4, 0.5) is 18.9 Å². The van der Waals surface area contributed by atoms with Crippen molar-refractivity contribution in [2.75, 3.05) is 5.32 Å². The summed E-state index contributed by atoms with van der Waals surface area (Å²) in [7, 11) is 0. The number of nitrogens with one attached hydrogen (secondary N) is 1. The van der Waals surface area contributed by atoms with Gasteiger partial charge in [0.2, 0.25) is 0 Å². The van der Waals surface area contributed by atoms with Crippen LogP contribution in [0.3, 0.4) is 0 Å². The molecule has 0 atom stereocenters. The fraction of sp³-hybridized carbons (Fsp3) is 0.400. The number of aryl methyl sites for hydroxylation is 1. The highest BCUT2D eigenvalue weighted by Gasteiger charge is 2.34. The molecule has 8 heteroatoms. The van der Waals surface area contributed by atoms with E-state index in [-0.39, 0.29) is 11.3 Å². The molecular formula is C15H15F3N4O. The van der Waals surface area contributed by atoms with Gasteiger partial charge in [-0.15, -0.1) is 0 Å². The van der Waals surface area contributed by atoms with Crippen molar-refractivity contribution in [3.05, 3.63) is 41.5 Å². The lowest BCUT2D eigenvalue weighted by molar-refractivity contribution is -0.141. The number of hydrogen-bond donors (Lipinski definition) is 1. The van der Waals surface area contributed by atoms with E-state index < -0.39 is 17.8 Å². The van der Waals surface area contributed by atoms with Crippen molar-refractivity contribution in [1.29, 1.82) is 0 Å². The van der Waals surface area contributed by atoms with Crippen molar-refractivity contribution in [3.63, 3.8) is 0 Å². The minimum atomic E-state index is -4.50. The highest BCUT2D eigenvalue weighted by atomic mass is 19.4. The average Bonchev–Trinajstić information content (AvgIpc) is 3.12. The number of alkyl halides is 3. The minimum Gasteiger partial charge on any atom is -0.320 e. The van der Waals surface area contributed by atoms with Crippen LogP contribution in [0.2, 0.25) is 0 Å². The Kier molecular flexibility index (Phi) is 3.83. The van der Waals surface area contributed by atoms with Gasteiger partial charge in [0.15, 0.2) is 0 Å². The molecule has 1 aliphatic rings. The Morgan fingerprint density at radius 2 is 2.13 bits per heavy atom. The molecule has 5 nitrogen and oxygen atoms in total. The molecular weight excluding hydrogens is 309 g/mol. The van der Waals surface area contributed by atoms with Crippen molar-refractivity contribution in [1.82, 2.24) is 14.8 Å². The summed E-state index contributed by atoms with van der Waals surface area (Å²) in [5.41, 5.74) is -0.411. The number of hydrogen-bond acceptors (Lipinski definition) is 3. The Morgan fingerprint density at radius 3 is 2.74 bits per heavy atom. The van der Waals surface area contributed by atoms with Crippen LogP contribution >= 0.6 is 0 Å². The van der Waals surface area contributed by atoms with Crippen LogP contribution in [0.5, 0.6) is 0 Å². The highest BCUT2D eigenvalue weighted by molar-refractivity contribution is 6.03. The highest BCUT2D eigenvalue weighted by Crippen LogP contribution is 2.31. The second-order valence-corrected chi connectivity index (χ2v) is 5.74. The number of nitrogens with zero attached hydrogens (tertiary/aromatic N) is 3. The SMILES string of the molecule is Cc1cc(NC(=O)c2cnn(CC3CC3)c2)cnc1C(F)(F)F. The molecule has 1 N–H and O–H groups in total. The molecule has 3 rings (SSSR count). The zero-order valence-electron chi connectivity index (χ0n) is 12.4. The Bertz CT molecular complexity index is 735. The summed E-state index contributed by atoms with van der Waals surface area (Å²) in [5, 5.41) is 6.65. The number of carbonyl (C=O) groups is 1. The van der Waals surface area contributed by atoms with Gasteiger partial charge < -0.3 is 5.32 Å². The van der Waals surface area contributed by atoms with Crippen LogP contribution in [0.15, 0.2) is 24.7 Å². The van der Waals surface area contributed by atoms with Crippen molar-refractivity contribution < 1.29 is 18.0 Å². The maximum Gasteiger partial charge on any atom is 0.433 e. The summed E-state index contributed by atoms with van der Waals surface area (Å²) >= 11 is 0.